The molecule has 0 spiro atoms. The van der Waals surface area contributed by atoms with Crippen molar-refractivity contribution in [3.05, 3.63) is 41.4 Å². The van der Waals surface area contributed by atoms with E-state index in [0.717, 1.165) is 31.6 Å². The lowest BCUT2D eigenvalue weighted by molar-refractivity contribution is -0.131. The molecule has 1 amide bonds. The number of amides is 1. The van der Waals surface area contributed by atoms with Gasteiger partial charge in [0.25, 0.3) is 0 Å². The van der Waals surface area contributed by atoms with Crippen LogP contribution >= 0.6 is 11.6 Å². The molecule has 1 aromatic carbocycles. The molecular formula is C20H26ClN3O2. The van der Waals surface area contributed by atoms with Gasteiger partial charge in [0.1, 0.15) is 6.07 Å². The molecule has 0 saturated carbocycles. The van der Waals surface area contributed by atoms with Crippen LogP contribution in [0.15, 0.2) is 30.9 Å². The van der Waals surface area contributed by atoms with Crippen LogP contribution in [-0.4, -0.2) is 38.3 Å². The number of hydrogen-bond donors (Lipinski definition) is 1. The van der Waals surface area contributed by atoms with Gasteiger partial charge in [-0.1, -0.05) is 24.6 Å². The van der Waals surface area contributed by atoms with Crippen molar-refractivity contribution >= 4 is 23.2 Å². The van der Waals surface area contributed by atoms with E-state index >= 15 is 0 Å². The summed E-state index contributed by atoms with van der Waals surface area (Å²) in [6.45, 7) is 9.96. The maximum absolute atomic E-state index is 12.6. The summed E-state index contributed by atoms with van der Waals surface area (Å²) in [7, 11) is 0. The number of halogens is 1. The van der Waals surface area contributed by atoms with E-state index in [1.54, 1.807) is 18.2 Å². The lowest BCUT2D eigenvalue weighted by atomic mass is 9.79. The first kappa shape index (κ1) is 20.3. The zero-order chi connectivity index (χ0) is 19.2. The lowest BCUT2D eigenvalue weighted by Gasteiger charge is -2.39. The summed E-state index contributed by atoms with van der Waals surface area (Å²) >= 11 is 5.98. The summed E-state index contributed by atoms with van der Waals surface area (Å²) < 4.78 is 5.49. The highest BCUT2D eigenvalue weighted by Gasteiger charge is 2.37. The maximum atomic E-state index is 12.6. The summed E-state index contributed by atoms with van der Waals surface area (Å²) in [6, 6.07) is 7.55. The first-order valence-corrected chi connectivity index (χ1v) is 9.23. The molecule has 1 fully saturated rings. The van der Waals surface area contributed by atoms with Gasteiger partial charge in [-0.05, 0) is 38.0 Å². The molecule has 140 valence electrons. The summed E-state index contributed by atoms with van der Waals surface area (Å²) in [5.74, 6) is 0.0582. The van der Waals surface area contributed by atoms with E-state index in [-0.39, 0.29) is 12.0 Å². The number of hydrogen-bond acceptors (Lipinski definition) is 4. The van der Waals surface area contributed by atoms with Gasteiger partial charge in [-0.2, -0.15) is 5.26 Å². The van der Waals surface area contributed by atoms with Crippen molar-refractivity contribution in [2.75, 3.05) is 31.1 Å². The maximum Gasteiger partial charge on any atom is 0.226 e. The Hall–Kier alpha value is -2.03. The third kappa shape index (κ3) is 5.00. The van der Waals surface area contributed by atoms with Crippen molar-refractivity contribution in [2.24, 2.45) is 5.41 Å². The number of anilines is 1. The molecule has 0 aliphatic carbocycles. The van der Waals surface area contributed by atoms with Crippen molar-refractivity contribution < 1.29 is 9.53 Å². The number of carbonyl (C=O) groups is 1. The molecule has 2 rings (SSSR count). The lowest BCUT2D eigenvalue weighted by Crippen LogP contribution is -2.48. The van der Waals surface area contributed by atoms with Crippen LogP contribution in [0.3, 0.4) is 0 Å². The minimum absolute atomic E-state index is 0.0482. The van der Waals surface area contributed by atoms with Crippen LogP contribution in [0.5, 0.6) is 0 Å². The van der Waals surface area contributed by atoms with Crippen LogP contribution < -0.4 is 10.2 Å². The monoisotopic (exact) mass is 375 g/mol. The van der Waals surface area contributed by atoms with Gasteiger partial charge in [0.15, 0.2) is 0 Å². The second-order valence-electron chi connectivity index (χ2n) is 6.96. The quantitative estimate of drug-likeness (QED) is 0.740. The second-order valence-corrected chi connectivity index (χ2v) is 7.40. The Kier molecular flexibility index (Phi) is 7.07. The first-order chi connectivity index (χ1) is 12.4. The molecule has 1 aliphatic heterocycles. The fourth-order valence-electron chi connectivity index (χ4n) is 3.08. The van der Waals surface area contributed by atoms with Crippen LogP contribution in [0.1, 0.15) is 32.3 Å². The Morgan fingerprint density at radius 3 is 2.85 bits per heavy atom. The highest BCUT2D eigenvalue weighted by Crippen LogP contribution is 2.34. The fourth-order valence-corrected chi connectivity index (χ4v) is 3.25. The molecule has 0 radical (unpaired) electrons. The number of benzene rings is 1. The van der Waals surface area contributed by atoms with E-state index in [9.17, 15) is 10.1 Å². The molecule has 1 saturated heterocycles. The summed E-state index contributed by atoms with van der Waals surface area (Å²) in [5, 5.41) is 12.9. The van der Waals surface area contributed by atoms with Crippen LogP contribution in [0.25, 0.3) is 0 Å². The third-order valence-electron chi connectivity index (χ3n) is 4.88. The third-order valence-corrected chi connectivity index (χ3v) is 5.12. The SMILES string of the molecule is C=CCOC(C)CNC(=O)C1(C)CCN(c2ccc(Cl)cc2C#N)CC1. The topological polar surface area (TPSA) is 65.4 Å². The number of ether oxygens (including phenoxy) is 1. The van der Waals surface area contributed by atoms with Crippen molar-refractivity contribution in [1.29, 1.82) is 5.26 Å². The minimum Gasteiger partial charge on any atom is -0.373 e. The van der Waals surface area contributed by atoms with E-state index in [1.165, 1.54) is 0 Å². The fraction of sp³-hybridized carbons (Fsp3) is 0.500. The number of nitriles is 1. The van der Waals surface area contributed by atoms with E-state index in [0.29, 0.717) is 23.7 Å². The van der Waals surface area contributed by atoms with Gasteiger partial charge in [-0.15, -0.1) is 6.58 Å². The first-order valence-electron chi connectivity index (χ1n) is 8.85. The number of carbonyl (C=O) groups excluding carboxylic acids is 1. The normalized spacial score (nSPS) is 17.2. The second kappa shape index (κ2) is 9.07. The largest absolute Gasteiger partial charge is 0.373 e. The Balaban J connectivity index is 1.93. The molecule has 6 heteroatoms. The van der Waals surface area contributed by atoms with Crippen molar-refractivity contribution in [3.63, 3.8) is 0 Å². The van der Waals surface area contributed by atoms with E-state index in [2.05, 4.69) is 22.9 Å². The number of rotatable bonds is 7. The Bertz CT molecular complexity index is 691. The molecule has 1 unspecified atom stereocenters. The van der Waals surface area contributed by atoms with Crippen molar-refractivity contribution in [1.82, 2.24) is 5.32 Å². The molecular weight excluding hydrogens is 350 g/mol. The van der Waals surface area contributed by atoms with Crippen molar-refractivity contribution in [3.8, 4) is 6.07 Å². The molecule has 1 aliphatic rings. The summed E-state index contributed by atoms with van der Waals surface area (Å²) in [6.07, 6.45) is 3.11. The van der Waals surface area contributed by atoms with Gasteiger partial charge in [0.2, 0.25) is 5.91 Å². The smallest absolute Gasteiger partial charge is 0.226 e. The highest BCUT2D eigenvalue weighted by atomic mass is 35.5. The van der Waals surface area contributed by atoms with Crippen LogP contribution in [-0.2, 0) is 9.53 Å². The van der Waals surface area contributed by atoms with Crippen LogP contribution in [0.2, 0.25) is 5.02 Å². The molecule has 5 nitrogen and oxygen atoms in total. The molecule has 0 aromatic heterocycles. The zero-order valence-electron chi connectivity index (χ0n) is 15.4. The molecule has 26 heavy (non-hydrogen) atoms. The van der Waals surface area contributed by atoms with Gasteiger partial charge >= 0.3 is 0 Å². The van der Waals surface area contributed by atoms with Crippen LogP contribution in [0.4, 0.5) is 5.69 Å². The van der Waals surface area contributed by atoms with Gasteiger partial charge in [0, 0.05) is 30.1 Å². The average Bonchev–Trinajstić information content (AvgIpc) is 2.65. The number of nitrogens with zero attached hydrogens (tertiary/aromatic N) is 2. The molecule has 1 N–H and O–H groups in total. The van der Waals surface area contributed by atoms with Gasteiger partial charge in [-0.3, -0.25) is 4.79 Å². The van der Waals surface area contributed by atoms with Crippen molar-refractivity contribution in [2.45, 2.75) is 32.8 Å². The Morgan fingerprint density at radius 2 is 2.23 bits per heavy atom. The van der Waals surface area contributed by atoms with Gasteiger partial charge in [0.05, 0.1) is 24.0 Å². The summed E-state index contributed by atoms with van der Waals surface area (Å²) in [5.41, 5.74) is 1.04. The van der Waals surface area contributed by atoms with Gasteiger partial charge in [-0.25, -0.2) is 0 Å². The zero-order valence-corrected chi connectivity index (χ0v) is 16.2. The van der Waals surface area contributed by atoms with E-state index < -0.39 is 5.41 Å². The van der Waals surface area contributed by atoms with E-state index in [1.807, 2.05) is 19.9 Å². The minimum atomic E-state index is -0.409. The Labute approximate surface area is 160 Å². The molecule has 1 aromatic rings. The Morgan fingerprint density at radius 1 is 1.54 bits per heavy atom. The standard InChI is InChI=1S/C20H26ClN3O2/c1-4-11-26-15(2)14-23-19(25)20(3)7-9-24(10-8-20)18-6-5-17(21)12-16(18)13-22/h4-6,12,15H,1,7-11,14H2,2-3H3,(H,23,25). The number of piperidine rings is 1. The predicted molar refractivity (Wildman–Crippen MR) is 104 cm³/mol. The molecule has 0 bridgehead atoms. The predicted octanol–water partition coefficient (Wildman–Crippen LogP) is 3.53. The number of nitrogens with one attached hydrogen (secondary N) is 1. The molecule has 1 heterocycles. The van der Waals surface area contributed by atoms with Crippen LogP contribution in [0, 0.1) is 16.7 Å². The average molecular weight is 376 g/mol. The summed E-state index contributed by atoms with van der Waals surface area (Å²) in [4.78, 5) is 14.8. The van der Waals surface area contributed by atoms with Gasteiger partial charge < -0.3 is 15.0 Å². The highest BCUT2D eigenvalue weighted by molar-refractivity contribution is 6.30. The molecule has 1 atom stereocenters. The van der Waals surface area contributed by atoms with E-state index in [4.69, 9.17) is 16.3 Å².